The van der Waals surface area contributed by atoms with Crippen molar-refractivity contribution in [1.29, 1.82) is 0 Å². The Morgan fingerprint density at radius 2 is 1.78 bits per heavy atom. The molecular formula is C25H33N5O2. The number of nitrogens with one attached hydrogen (secondary N) is 1. The summed E-state index contributed by atoms with van der Waals surface area (Å²) in [7, 11) is 0. The summed E-state index contributed by atoms with van der Waals surface area (Å²) in [5.74, 6) is 1.60. The van der Waals surface area contributed by atoms with E-state index < -0.39 is 0 Å². The molecule has 170 valence electrons. The summed E-state index contributed by atoms with van der Waals surface area (Å²) in [5.41, 5.74) is 2.78. The first-order chi connectivity index (χ1) is 15.7. The monoisotopic (exact) mass is 435 g/mol. The van der Waals surface area contributed by atoms with Crippen LogP contribution in [0.5, 0.6) is 5.75 Å². The van der Waals surface area contributed by atoms with Crippen molar-refractivity contribution in [3.05, 3.63) is 54.4 Å². The SMILES string of the molecule is CCCn1c(CN2CCN(CC)CC2)nc2cc(NC(=O)COc3ccccc3)ccc21. The number of nitrogens with zero attached hydrogens (tertiary/aromatic N) is 4. The molecule has 4 rings (SSSR count). The van der Waals surface area contributed by atoms with Gasteiger partial charge in [0.2, 0.25) is 0 Å². The molecule has 32 heavy (non-hydrogen) atoms. The van der Waals surface area contributed by atoms with Gasteiger partial charge in [-0.05, 0) is 43.3 Å². The van der Waals surface area contributed by atoms with Crippen LogP contribution in [0.1, 0.15) is 26.1 Å². The summed E-state index contributed by atoms with van der Waals surface area (Å²) in [5, 5.41) is 2.93. The lowest BCUT2D eigenvalue weighted by molar-refractivity contribution is -0.118. The summed E-state index contributed by atoms with van der Waals surface area (Å²) in [6.07, 6.45) is 1.05. The molecular weight excluding hydrogens is 402 g/mol. The third-order valence-corrected chi connectivity index (χ3v) is 5.95. The topological polar surface area (TPSA) is 62.6 Å². The summed E-state index contributed by atoms with van der Waals surface area (Å²) in [6, 6.07) is 15.3. The largest absolute Gasteiger partial charge is 0.484 e. The lowest BCUT2D eigenvalue weighted by atomic mass is 10.2. The first-order valence-electron chi connectivity index (χ1n) is 11.6. The predicted molar refractivity (Wildman–Crippen MR) is 128 cm³/mol. The molecule has 1 N–H and O–H groups in total. The lowest BCUT2D eigenvalue weighted by Gasteiger charge is -2.33. The van der Waals surface area contributed by atoms with Crippen LogP contribution in [-0.2, 0) is 17.9 Å². The number of fused-ring (bicyclic) bond motifs is 1. The van der Waals surface area contributed by atoms with Gasteiger partial charge in [0.05, 0.1) is 17.6 Å². The number of rotatable bonds is 9. The van der Waals surface area contributed by atoms with Gasteiger partial charge in [-0.25, -0.2) is 4.98 Å². The number of anilines is 1. The Bertz CT molecular complexity index is 1030. The molecule has 3 aromatic rings. The van der Waals surface area contributed by atoms with E-state index in [4.69, 9.17) is 9.72 Å². The van der Waals surface area contributed by atoms with Crippen LogP contribution in [0.2, 0.25) is 0 Å². The van der Waals surface area contributed by atoms with Gasteiger partial charge in [-0.15, -0.1) is 0 Å². The van der Waals surface area contributed by atoms with Gasteiger partial charge in [0, 0.05) is 38.4 Å². The van der Waals surface area contributed by atoms with Crippen LogP contribution < -0.4 is 10.1 Å². The summed E-state index contributed by atoms with van der Waals surface area (Å²) in [6.45, 7) is 11.7. The van der Waals surface area contributed by atoms with E-state index in [0.717, 1.165) is 74.8 Å². The fourth-order valence-electron chi connectivity index (χ4n) is 4.18. The van der Waals surface area contributed by atoms with E-state index in [2.05, 4.69) is 39.6 Å². The number of aryl methyl sites for hydroxylation is 1. The van der Waals surface area contributed by atoms with Gasteiger partial charge in [0.1, 0.15) is 11.6 Å². The molecule has 1 fully saturated rings. The fourth-order valence-corrected chi connectivity index (χ4v) is 4.18. The summed E-state index contributed by atoms with van der Waals surface area (Å²) < 4.78 is 7.87. The Kier molecular flexibility index (Phi) is 7.39. The van der Waals surface area contributed by atoms with E-state index in [9.17, 15) is 4.79 Å². The second-order valence-electron chi connectivity index (χ2n) is 8.24. The Balaban J connectivity index is 1.44. The van der Waals surface area contributed by atoms with Crippen LogP contribution in [0, 0.1) is 0 Å². The van der Waals surface area contributed by atoms with Gasteiger partial charge in [-0.2, -0.15) is 0 Å². The molecule has 1 aliphatic rings. The predicted octanol–water partition coefficient (Wildman–Crippen LogP) is 3.60. The minimum Gasteiger partial charge on any atom is -0.484 e. The molecule has 2 heterocycles. The Morgan fingerprint density at radius 1 is 1.03 bits per heavy atom. The number of hydrogen-bond acceptors (Lipinski definition) is 5. The van der Waals surface area contributed by atoms with Crippen LogP contribution in [0.15, 0.2) is 48.5 Å². The van der Waals surface area contributed by atoms with Crippen molar-refractivity contribution in [3.8, 4) is 5.75 Å². The normalized spacial score (nSPS) is 15.2. The van der Waals surface area contributed by atoms with E-state index in [1.165, 1.54) is 0 Å². The number of piperazine rings is 1. The maximum atomic E-state index is 12.3. The smallest absolute Gasteiger partial charge is 0.262 e. The molecule has 0 atom stereocenters. The molecule has 1 aromatic heterocycles. The Hall–Kier alpha value is -2.90. The van der Waals surface area contributed by atoms with Crippen molar-refractivity contribution in [2.45, 2.75) is 33.4 Å². The van der Waals surface area contributed by atoms with Crippen molar-refractivity contribution >= 4 is 22.6 Å². The van der Waals surface area contributed by atoms with Gasteiger partial charge in [-0.3, -0.25) is 9.69 Å². The minimum atomic E-state index is -0.185. The number of carbonyl (C=O) groups excluding carboxylic acids is 1. The number of imidazole rings is 1. The van der Waals surface area contributed by atoms with Crippen LogP contribution in [0.4, 0.5) is 5.69 Å². The number of likely N-dealkylation sites (N-methyl/N-ethyl adjacent to an activating group) is 1. The average molecular weight is 436 g/mol. The second-order valence-corrected chi connectivity index (χ2v) is 8.24. The van der Waals surface area contributed by atoms with E-state index in [0.29, 0.717) is 5.75 Å². The molecule has 0 spiro atoms. The number of aromatic nitrogens is 2. The van der Waals surface area contributed by atoms with Crippen LogP contribution in [0.3, 0.4) is 0 Å². The first-order valence-corrected chi connectivity index (χ1v) is 11.6. The van der Waals surface area contributed by atoms with Gasteiger partial charge in [0.25, 0.3) is 5.91 Å². The molecule has 0 saturated carbocycles. The van der Waals surface area contributed by atoms with Crippen molar-refractivity contribution in [3.63, 3.8) is 0 Å². The highest BCUT2D eigenvalue weighted by molar-refractivity contribution is 5.94. The number of hydrogen-bond donors (Lipinski definition) is 1. The molecule has 0 radical (unpaired) electrons. The molecule has 1 amide bonds. The third-order valence-electron chi connectivity index (χ3n) is 5.95. The number of ether oxygens (including phenoxy) is 1. The zero-order valence-corrected chi connectivity index (χ0v) is 19.1. The number of para-hydroxylation sites is 1. The number of amides is 1. The van der Waals surface area contributed by atoms with Crippen LogP contribution >= 0.6 is 0 Å². The van der Waals surface area contributed by atoms with Crippen LogP contribution in [0.25, 0.3) is 11.0 Å². The van der Waals surface area contributed by atoms with Gasteiger partial charge in [-0.1, -0.05) is 32.0 Å². The van der Waals surface area contributed by atoms with Crippen molar-refractivity contribution in [1.82, 2.24) is 19.4 Å². The highest BCUT2D eigenvalue weighted by Crippen LogP contribution is 2.22. The van der Waals surface area contributed by atoms with Crippen molar-refractivity contribution in [2.75, 3.05) is 44.6 Å². The Labute approximate surface area is 190 Å². The first kappa shape index (κ1) is 22.3. The molecule has 0 bridgehead atoms. The number of carbonyl (C=O) groups is 1. The van der Waals surface area contributed by atoms with Crippen molar-refractivity contribution < 1.29 is 9.53 Å². The van der Waals surface area contributed by atoms with Crippen molar-refractivity contribution in [2.24, 2.45) is 0 Å². The highest BCUT2D eigenvalue weighted by atomic mass is 16.5. The minimum absolute atomic E-state index is 0.0265. The number of benzene rings is 2. The zero-order chi connectivity index (χ0) is 22.3. The highest BCUT2D eigenvalue weighted by Gasteiger charge is 2.19. The Morgan fingerprint density at radius 3 is 2.50 bits per heavy atom. The quantitative estimate of drug-likeness (QED) is 0.556. The molecule has 2 aromatic carbocycles. The average Bonchev–Trinajstić information content (AvgIpc) is 3.15. The molecule has 1 aliphatic heterocycles. The third kappa shape index (κ3) is 5.47. The van der Waals surface area contributed by atoms with E-state index in [1.807, 2.05) is 42.5 Å². The molecule has 7 heteroatoms. The summed E-state index contributed by atoms with van der Waals surface area (Å²) >= 11 is 0. The van der Waals surface area contributed by atoms with Gasteiger partial charge >= 0.3 is 0 Å². The zero-order valence-electron chi connectivity index (χ0n) is 19.1. The maximum absolute atomic E-state index is 12.3. The summed E-state index contributed by atoms with van der Waals surface area (Å²) in [4.78, 5) is 22.3. The maximum Gasteiger partial charge on any atom is 0.262 e. The van der Waals surface area contributed by atoms with Crippen LogP contribution in [-0.4, -0.2) is 64.6 Å². The van der Waals surface area contributed by atoms with E-state index in [1.54, 1.807) is 0 Å². The standard InChI is InChI=1S/C25H33N5O2/c1-3-12-30-23-11-10-20(26-25(31)19-32-21-8-6-5-7-9-21)17-22(23)27-24(30)18-29-15-13-28(4-2)14-16-29/h5-11,17H,3-4,12-16,18-19H2,1-2H3,(H,26,31). The lowest BCUT2D eigenvalue weighted by Crippen LogP contribution is -2.45. The van der Waals surface area contributed by atoms with Gasteiger partial charge in [0.15, 0.2) is 6.61 Å². The molecule has 1 saturated heterocycles. The second kappa shape index (κ2) is 10.6. The van der Waals surface area contributed by atoms with E-state index >= 15 is 0 Å². The van der Waals surface area contributed by atoms with E-state index in [-0.39, 0.29) is 12.5 Å². The fraction of sp³-hybridized carbons (Fsp3) is 0.440. The molecule has 0 unspecified atom stereocenters. The molecule has 7 nitrogen and oxygen atoms in total. The molecule has 0 aliphatic carbocycles. The van der Waals surface area contributed by atoms with Gasteiger partial charge < -0.3 is 19.5 Å².